The summed E-state index contributed by atoms with van der Waals surface area (Å²) in [5, 5.41) is 16.6. The number of aliphatic carboxylic acids is 1. The minimum absolute atomic E-state index is 0.0115. The maximum absolute atomic E-state index is 12.2. The van der Waals surface area contributed by atoms with Crippen LogP contribution in [-0.4, -0.2) is 54.7 Å². The van der Waals surface area contributed by atoms with Crippen LogP contribution in [0, 0.1) is 5.92 Å². The van der Waals surface area contributed by atoms with Crippen LogP contribution in [0.5, 0.6) is 0 Å². The average molecular weight is 451 g/mol. The highest BCUT2D eigenvalue weighted by Gasteiger charge is 2.40. The minimum Gasteiger partial charge on any atom is -0.481 e. The van der Waals surface area contributed by atoms with Gasteiger partial charge in [0.1, 0.15) is 18.6 Å². The van der Waals surface area contributed by atoms with Crippen LogP contribution in [0.15, 0.2) is 48.5 Å². The topological polar surface area (TPSA) is 134 Å². The molecule has 0 saturated carbocycles. The first-order chi connectivity index (χ1) is 16.0. The zero-order valence-electron chi connectivity index (χ0n) is 17.9. The molecular weight excluding hydrogens is 426 g/mol. The third-order valence-electron chi connectivity index (χ3n) is 6.01. The number of nitrogens with one attached hydrogen (secondary N) is 3. The van der Waals surface area contributed by atoms with E-state index in [1.165, 1.54) is 0 Å². The number of carbonyl (C=O) groups is 4. The van der Waals surface area contributed by atoms with Gasteiger partial charge < -0.3 is 25.8 Å². The van der Waals surface area contributed by atoms with Gasteiger partial charge in [0.2, 0.25) is 11.8 Å². The van der Waals surface area contributed by atoms with Gasteiger partial charge in [0.15, 0.2) is 0 Å². The van der Waals surface area contributed by atoms with Crippen molar-refractivity contribution in [3.8, 4) is 11.1 Å². The second-order valence-electron chi connectivity index (χ2n) is 8.09. The van der Waals surface area contributed by atoms with Crippen LogP contribution in [0.25, 0.3) is 11.1 Å². The fraction of sp³-hybridized carbons (Fsp3) is 0.333. The summed E-state index contributed by atoms with van der Waals surface area (Å²) in [5.74, 6) is -3.12. The molecule has 4 rings (SSSR count). The standard InChI is InChI=1S/C24H25N3O6/c28-20(27-21-18(23(30)31)12-26-22(21)29)10-5-11-25-24(32)33-13-19-16-8-3-1-6-14(16)15-7-2-4-9-17(15)19/h1-4,6-9,18-19,21H,5,10-13H2,(H,25,32)(H,26,29)(H,27,28)(H,30,31). The summed E-state index contributed by atoms with van der Waals surface area (Å²) in [4.78, 5) is 47.1. The lowest BCUT2D eigenvalue weighted by atomic mass is 9.98. The molecule has 1 aliphatic carbocycles. The van der Waals surface area contributed by atoms with Gasteiger partial charge in [-0.2, -0.15) is 0 Å². The normalized spacial score (nSPS) is 18.7. The van der Waals surface area contributed by atoms with Crippen molar-refractivity contribution in [1.29, 1.82) is 0 Å². The number of carbonyl (C=O) groups excluding carboxylic acids is 3. The van der Waals surface area contributed by atoms with Crippen LogP contribution in [-0.2, 0) is 19.1 Å². The molecule has 3 amide bonds. The third kappa shape index (κ3) is 4.82. The Kier molecular flexibility index (Phi) is 6.58. The van der Waals surface area contributed by atoms with Gasteiger partial charge in [0, 0.05) is 25.4 Å². The highest BCUT2D eigenvalue weighted by molar-refractivity contribution is 5.94. The van der Waals surface area contributed by atoms with Crippen molar-refractivity contribution in [1.82, 2.24) is 16.0 Å². The average Bonchev–Trinajstić information content (AvgIpc) is 3.33. The summed E-state index contributed by atoms with van der Waals surface area (Å²) in [6, 6.07) is 15.0. The molecule has 33 heavy (non-hydrogen) atoms. The van der Waals surface area contributed by atoms with Gasteiger partial charge in [-0.15, -0.1) is 0 Å². The van der Waals surface area contributed by atoms with Gasteiger partial charge >= 0.3 is 12.1 Å². The fourth-order valence-corrected chi connectivity index (χ4v) is 4.35. The van der Waals surface area contributed by atoms with Crippen LogP contribution < -0.4 is 16.0 Å². The smallest absolute Gasteiger partial charge is 0.407 e. The number of fused-ring (bicyclic) bond motifs is 3. The molecule has 0 bridgehead atoms. The van der Waals surface area contributed by atoms with E-state index in [1.54, 1.807) is 0 Å². The van der Waals surface area contributed by atoms with Crippen LogP contribution >= 0.6 is 0 Å². The number of hydrogen-bond acceptors (Lipinski definition) is 5. The first kappa shape index (κ1) is 22.3. The van der Waals surface area contributed by atoms with E-state index in [0.29, 0.717) is 6.42 Å². The van der Waals surface area contributed by atoms with Crippen LogP contribution in [0.2, 0.25) is 0 Å². The summed E-state index contributed by atoms with van der Waals surface area (Å²) in [6.45, 7) is 0.402. The van der Waals surface area contributed by atoms with E-state index in [2.05, 4.69) is 28.1 Å². The Bertz CT molecular complexity index is 1040. The quantitative estimate of drug-likeness (QED) is 0.451. The zero-order chi connectivity index (χ0) is 23.4. The molecule has 4 N–H and O–H groups in total. The molecule has 1 saturated heterocycles. The number of amides is 3. The van der Waals surface area contributed by atoms with Crippen LogP contribution in [0.3, 0.4) is 0 Å². The minimum atomic E-state index is -1.14. The molecule has 1 heterocycles. The second kappa shape index (κ2) is 9.72. The molecule has 2 atom stereocenters. The van der Waals surface area contributed by atoms with E-state index < -0.39 is 35.8 Å². The molecule has 0 aromatic heterocycles. The van der Waals surface area contributed by atoms with E-state index in [9.17, 15) is 19.2 Å². The SMILES string of the molecule is O=C(CCCNC(=O)OCC1c2ccccc2-c2ccccc21)NC1C(=O)NCC1C(=O)O. The molecule has 9 nitrogen and oxygen atoms in total. The van der Waals surface area contributed by atoms with Gasteiger partial charge in [0.05, 0.1) is 0 Å². The number of hydrogen-bond donors (Lipinski definition) is 4. The highest BCUT2D eigenvalue weighted by Crippen LogP contribution is 2.44. The molecule has 9 heteroatoms. The highest BCUT2D eigenvalue weighted by atomic mass is 16.5. The number of carboxylic acids is 1. The molecule has 2 aromatic carbocycles. The Morgan fingerprint density at radius 3 is 2.30 bits per heavy atom. The summed E-state index contributed by atoms with van der Waals surface area (Å²) in [6.07, 6.45) is -0.208. The van der Waals surface area contributed by atoms with Gasteiger partial charge in [0.25, 0.3) is 0 Å². The van der Waals surface area contributed by atoms with Crippen molar-refractivity contribution in [2.75, 3.05) is 19.7 Å². The van der Waals surface area contributed by atoms with Gasteiger partial charge in [-0.3, -0.25) is 14.4 Å². The maximum atomic E-state index is 12.2. The van der Waals surface area contributed by atoms with Crippen molar-refractivity contribution in [2.24, 2.45) is 5.92 Å². The lowest BCUT2D eigenvalue weighted by Gasteiger charge is -2.15. The van der Waals surface area contributed by atoms with Gasteiger partial charge in [-0.05, 0) is 28.7 Å². The van der Waals surface area contributed by atoms with Crippen molar-refractivity contribution < 1.29 is 29.0 Å². The van der Waals surface area contributed by atoms with E-state index in [0.717, 1.165) is 22.3 Å². The Hall–Kier alpha value is -3.88. The lowest BCUT2D eigenvalue weighted by molar-refractivity contribution is -0.143. The van der Waals surface area contributed by atoms with Crippen molar-refractivity contribution in [2.45, 2.75) is 24.8 Å². The predicted molar refractivity (Wildman–Crippen MR) is 118 cm³/mol. The summed E-state index contributed by atoms with van der Waals surface area (Å²) in [5.41, 5.74) is 4.54. The molecule has 2 aromatic rings. The fourth-order valence-electron chi connectivity index (χ4n) is 4.35. The Labute approximate surface area is 190 Å². The monoisotopic (exact) mass is 451 g/mol. The van der Waals surface area contributed by atoms with Crippen molar-refractivity contribution in [3.63, 3.8) is 0 Å². The molecule has 2 unspecified atom stereocenters. The molecule has 172 valence electrons. The lowest BCUT2D eigenvalue weighted by Crippen LogP contribution is -2.45. The number of carboxylic acid groups (broad SMARTS) is 1. The Balaban J connectivity index is 1.21. The van der Waals surface area contributed by atoms with Crippen LogP contribution in [0.4, 0.5) is 4.79 Å². The largest absolute Gasteiger partial charge is 0.481 e. The molecule has 0 spiro atoms. The first-order valence-electron chi connectivity index (χ1n) is 10.8. The molecule has 1 aliphatic heterocycles. The zero-order valence-corrected chi connectivity index (χ0v) is 17.9. The maximum Gasteiger partial charge on any atom is 0.407 e. The Morgan fingerprint density at radius 1 is 1.03 bits per heavy atom. The van der Waals surface area contributed by atoms with Crippen LogP contribution in [0.1, 0.15) is 29.9 Å². The summed E-state index contributed by atoms with van der Waals surface area (Å²) >= 11 is 0. The molecule has 0 radical (unpaired) electrons. The summed E-state index contributed by atoms with van der Waals surface area (Å²) in [7, 11) is 0. The van der Waals surface area contributed by atoms with Gasteiger partial charge in [-0.25, -0.2) is 4.79 Å². The van der Waals surface area contributed by atoms with E-state index in [4.69, 9.17) is 9.84 Å². The summed E-state index contributed by atoms with van der Waals surface area (Å²) < 4.78 is 5.44. The molecule has 2 aliphatic rings. The van der Waals surface area contributed by atoms with E-state index in [-0.39, 0.29) is 32.0 Å². The molecular formula is C24H25N3O6. The van der Waals surface area contributed by atoms with E-state index in [1.807, 2.05) is 36.4 Å². The van der Waals surface area contributed by atoms with Crippen molar-refractivity contribution >= 4 is 23.9 Å². The first-order valence-corrected chi connectivity index (χ1v) is 10.8. The van der Waals surface area contributed by atoms with Gasteiger partial charge in [-0.1, -0.05) is 48.5 Å². The Morgan fingerprint density at radius 2 is 1.67 bits per heavy atom. The number of rotatable bonds is 8. The predicted octanol–water partition coefficient (Wildman–Crippen LogP) is 1.62. The van der Waals surface area contributed by atoms with Crippen molar-refractivity contribution in [3.05, 3.63) is 59.7 Å². The second-order valence-corrected chi connectivity index (χ2v) is 8.09. The number of benzene rings is 2. The number of alkyl carbamates (subject to hydrolysis) is 1. The number of ether oxygens (including phenoxy) is 1. The van der Waals surface area contributed by atoms with E-state index >= 15 is 0 Å². The third-order valence-corrected chi connectivity index (χ3v) is 6.01. The molecule has 1 fully saturated rings.